The molecule has 0 bridgehead atoms. The van der Waals surface area contributed by atoms with E-state index in [2.05, 4.69) is 15.9 Å². The highest BCUT2D eigenvalue weighted by Crippen LogP contribution is 2.23. The Kier molecular flexibility index (Phi) is 4.25. The molecule has 16 heavy (non-hydrogen) atoms. The van der Waals surface area contributed by atoms with E-state index in [1.807, 2.05) is 20.8 Å². The molecule has 1 rings (SSSR count). The lowest BCUT2D eigenvalue weighted by molar-refractivity contribution is -0.125. The van der Waals surface area contributed by atoms with Crippen molar-refractivity contribution in [1.29, 1.82) is 0 Å². The zero-order chi connectivity index (χ0) is 12.3. The van der Waals surface area contributed by atoms with Crippen molar-refractivity contribution in [3.8, 4) is 0 Å². The summed E-state index contributed by atoms with van der Waals surface area (Å²) < 4.78 is 12.7. The molecular formula is C13H16BrFO. The van der Waals surface area contributed by atoms with Gasteiger partial charge in [-0.15, -0.1) is 0 Å². The van der Waals surface area contributed by atoms with Gasteiger partial charge in [0.05, 0.1) is 4.83 Å². The molecule has 1 nitrogen and oxygen atoms in total. The maximum Gasteiger partial charge on any atom is 0.152 e. The molecule has 0 saturated carbocycles. The van der Waals surface area contributed by atoms with Gasteiger partial charge in [-0.2, -0.15) is 0 Å². The maximum absolute atomic E-state index is 12.7. The fourth-order valence-corrected chi connectivity index (χ4v) is 2.45. The van der Waals surface area contributed by atoms with E-state index < -0.39 is 0 Å². The lowest BCUT2D eigenvalue weighted by Gasteiger charge is -2.20. The summed E-state index contributed by atoms with van der Waals surface area (Å²) >= 11 is 3.39. The van der Waals surface area contributed by atoms with Crippen LogP contribution in [-0.2, 0) is 11.2 Å². The Balaban J connectivity index is 2.68. The Morgan fingerprint density at radius 2 is 1.81 bits per heavy atom. The number of alkyl halides is 1. The molecule has 0 amide bonds. The summed E-state index contributed by atoms with van der Waals surface area (Å²) in [5, 5.41) is 0. The van der Waals surface area contributed by atoms with Crippen molar-refractivity contribution in [3.05, 3.63) is 35.6 Å². The molecule has 1 aromatic rings. The van der Waals surface area contributed by atoms with Crippen molar-refractivity contribution in [2.75, 3.05) is 0 Å². The number of benzene rings is 1. The molecule has 0 aliphatic carbocycles. The summed E-state index contributed by atoms with van der Waals surface area (Å²) in [6.45, 7) is 5.69. The second-order valence-corrected chi connectivity index (χ2v) is 6.02. The first-order valence-electron chi connectivity index (χ1n) is 5.23. The van der Waals surface area contributed by atoms with Crippen LogP contribution in [0.15, 0.2) is 24.3 Å². The van der Waals surface area contributed by atoms with Gasteiger partial charge in [0.1, 0.15) is 5.82 Å². The average Bonchev–Trinajstić information content (AvgIpc) is 2.19. The summed E-state index contributed by atoms with van der Waals surface area (Å²) in [5.74, 6) is -0.0890. The zero-order valence-corrected chi connectivity index (χ0v) is 11.3. The van der Waals surface area contributed by atoms with Crippen molar-refractivity contribution in [2.45, 2.75) is 32.0 Å². The minimum atomic E-state index is -0.353. The van der Waals surface area contributed by atoms with Crippen LogP contribution in [0.5, 0.6) is 0 Å². The number of carbonyl (C=O) groups excluding carboxylic acids is 1. The van der Waals surface area contributed by atoms with Crippen LogP contribution in [0.2, 0.25) is 0 Å². The fourth-order valence-electron chi connectivity index (χ4n) is 1.39. The van der Waals surface area contributed by atoms with Crippen molar-refractivity contribution < 1.29 is 9.18 Å². The van der Waals surface area contributed by atoms with Gasteiger partial charge in [0.25, 0.3) is 0 Å². The monoisotopic (exact) mass is 286 g/mol. The van der Waals surface area contributed by atoms with Crippen LogP contribution in [0.1, 0.15) is 26.3 Å². The first-order valence-corrected chi connectivity index (χ1v) is 6.15. The van der Waals surface area contributed by atoms with Crippen LogP contribution in [-0.4, -0.2) is 10.6 Å². The third kappa shape index (κ3) is 3.71. The van der Waals surface area contributed by atoms with Crippen molar-refractivity contribution in [3.63, 3.8) is 0 Å². The van der Waals surface area contributed by atoms with E-state index in [1.54, 1.807) is 12.1 Å². The van der Waals surface area contributed by atoms with Crippen LogP contribution in [0.4, 0.5) is 4.39 Å². The highest BCUT2D eigenvalue weighted by atomic mass is 79.9. The number of carbonyl (C=O) groups is 1. The van der Waals surface area contributed by atoms with Gasteiger partial charge in [-0.1, -0.05) is 48.8 Å². The van der Waals surface area contributed by atoms with E-state index in [1.165, 1.54) is 12.1 Å². The molecule has 0 aliphatic heterocycles. The Morgan fingerprint density at radius 3 is 2.25 bits per heavy atom. The first kappa shape index (κ1) is 13.4. The molecule has 3 heteroatoms. The van der Waals surface area contributed by atoms with Crippen LogP contribution in [0.3, 0.4) is 0 Å². The summed E-state index contributed by atoms with van der Waals surface area (Å²) in [6.07, 6.45) is 0.594. The van der Waals surface area contributed by atoms with E-state index in [9.17, 15) is 9.18 Å². The number of hydrogen-bond donors (Lipinski definition) is 0. The molecular weight excluding hydrogens is 271 g/mol. The minimum Gasteiger partial charge on any atom is -0.298 e. The average molecular weight is 287 g/mol. The standard InChI is InChI=1S/C13H16BrFO/c1-13(2,3)12(16)11(14)8-9-4-6-10(15)7-5-9/h4-7,11H,8H2,1-3H3. The molecule has 0 fully saturated rings. The first-order chi connectivity index (χ1) is 7.30. The molecule has 1 unspecified atom stereocenters. The van der Waals surface area contributed by atoms with Gasteiger partial charge < -0.3 is 0 Å². The Labute approximate surface area is 104 Å². The molecule has 0 spiro atoms. The van der Waals surface area contributed by atoms with Gasteiger partial charge in [-0.05, 0) is 24.1 Å². The van der Waals surface area contributed by atoms with Gasteiger partial charge in [-0.25, -0.2) is 4.39 Å². The van der Waals surface area contributed by atoms with Crippen LogP contribution >= 0.6 is 15.9 Å². The Bertz CT molecular complexity index is 365. The number of hydrogen-bond acceptors (Lipinski definition) is 1. The summed E-state index contributed by atoms with van der Waals surface area (Å²) in [5.41, 5.74) is 0.606. The van der Waals surface area contributed by atoms with Gasteiger partial charge >= 0.3 is 0 Å². The normalized spacial score (nSPS) is 13.6. The molecule has 0 aliphatic rings. The van der Waals surface area contributed by atoms with Crippen LogP contribution < -0.4 is 0 Å². The van der Waals surface area contributed by atoms with Gasteiger partial charge in [0.2, 0.25) is 0 Å². The molecule has 1 atom stereocenters. The third-order valence-corrected chi connectivity index (χ3v) is 3.09. The van der Waals surface area contributed by atoms with E-state index in [4.69, 9.17) is 0 Å². The van der Waals surface area contributed by atoms with Crippen molar-refractivity contribution in [1.82, 2.24) is 0 Å². The van der Waals surface area contributed by atoms with Gasteiger partial charge in [-0.3, -0.25) is 4.79 Å². The number of halogens is 2. The lowest BCUT2D eigenvalue weighted by atomic mass is 9.87. The summed E-state index contributed by atoms with van der Waals surface area (Å²) in [7, 11) is 0. The highest BCUT2D eigenvalue weighted by Gasteiger charge is 2.27. The van der Waals surface area contributed by atoms with Crippen molar-refractivity contribution >= 4 is 21.7 Å². The molecule has 1 aromatic carbocycles. The minimum absolute atomic E-state index is 0.164. The third-order valence-electron chi connectivity index (χ3n) is 2.35. The topological polar surface area (TPSA) is 17.1 Å². The molecule has 0 N–H and O–H groups in total. The molecule has 0 aromatic heterocycles. The van der Waals surface area contributed by atoms with Crippen molar-refractivity contribution in [2.24, 2.45) is 5.41 Å². The predicted molar refractivity (Wildman–Crippen MR) is 67.3 cm³/mol. The fraction of sp³-hybridized carbons (Fsp3) is 0.462. The van der Waals surface area contributed by atoms with E-state index in [0.29, 0.717) is 6.42 Å². The van der Waals surface area contributed by atoms with Crippen LogP contribution in [0, 0.1) is 11.2 Å². The summed E-state index contributed by atoms with van der Waals surface area (Å²) in [4.78, 5) is 11.7. The van der Waals surface area contributed by atoms with Crippen LogP contribution in [0.25, 0.3) is 0 Å². The highest BCUT2D eigenvalue weighted by molar-refractivity contribution is 9.10. The van der Waals surface area contributed by atoms with E-state index in [0.717, 1.165) is 5.56 Å². The largest absolute Gasteiger partial charge is 0.298 e. The maximum atomic E-state index is 12.7. The van der Waals surface area contributed by atoms with E-state index in [-0.39, 0.29) is 21.8 Å². The molecule has 0 radical (unpaired) electrons. The second kappa shape index (κ2) is 5.09. The Hall–Kier alpha value is -0.700. The predicted octanol–water partition coefficient (Wildman–Crippen LogP) is 3.75. The quantitative estimate of drug-likeness (QED) is 0.774. The smallest absolute Gasteiger partial charge is 0.152 e. The molecule has 0 saturated heterocycles. The number of rotatable bonds is 3. The van der Waals surface area contributed by atoms with E-state index >= 15 is 0 Å². The van der Waals surface area contributed by atoms with Gasteiger partial charge in [0.15, 0.2) is 5.78 Å². The van der Waals surface area contributed by atoms with Gasteiger partial charge in [0, 0.05) is 5.41 Å². The molecule has 88 valence electrons. The summed E-state index contributed by atoms with van der Waals surface area (Å²) in [6, 6.07) is 6.24. The zero-order valence-electron chi connectivity index (χ0n) is 9.76. The molecule has 0 heterocycles. The lowest BCUT2D eigenvalue weighted by Crippen LogP contribution is -2.29. The number of ketones is 1. The SMILES string of the molecule is CC(C)(C)C(=O)C(Br)Cc1ccc(F)cc1. The Morgan fingerprint density at radius 1 is 1.31 bits per heavy atom. The second-order valence-electron chi connectivity index (χ2n) is 4.91. The number of Topliss-reactive ketones (excluding diaryl/α,β-unsaturated/α-hetero) is 1.